The summed E-state index contributed by atoms with van der Waals surface area (Å²) in [5.74, 6) is -0.696. The van der Waals surface area contributed by atoms with Gasteiger partial charge in [-0.15, -0.1) is 0 Å². The van der Waals surface area contributed by atoms with Crippen molar-refractivity contribution in [2.45, 2.75) is 37.5 Å². The molecule has 4 heterocycles. The van der Waals surface area contributed by atoms with Gasteiger partial charge in [-0.2, -0.15) is 10.1 Å². The van der Waals surface area contributed by atoms with Crippen LogP contribution in [0.4, 0.5) is 5.95 Å². The Morgan fingerprint density at radius 2 is 2.21 bits per heavy atom. The number of ether oxygens (including phenoxy) is 1. The molecule has 29 heavy (non-hydrogen) atoms. The number of carbonyl (C=O) groups excluding carboxylic acids is 1. The number of imidazole rings is 1. The average molecular weight is 404 g/mol. The number of amides is 1. The number of nitrogens with zero attached hydrogens (tertiary/aromatic N) is 5. The highest BCUT2D eigenvalue weighted by atomic mass is 16.6. The standard InChI is InChI=1S/C16H20N8O5/c17-16-21-12-8(13(27)22-16)19-7-24(12)15-10(26)9(25)11(29-15)14(28)18-3-1-5-23-6-2-4-20-23/h2,4,6-7,9-11,15,25-26H,1,3,5H2,(H,18,28)(H3,17,21,22,27)/t9-,10+,11-,15+/m0/s1. The lowest BCUT2D eigenvalue weighted by molar-refractivity contribution is -0.137. The summed E-state index contributed by atoms with van der Waals surface area (Å²) in [4.78, 5) is 34.6. The number of fused-ring (bicyclic) bond motifs is 1. The Morgan fingerprint density at radius 3 is 2.97 bits per heavy atom. The zero-order valence-corrected chi connectivity index (χ0v) is 15.2. The summed E-state index contributed by atoms with van der Waals surface area (Å²) < 4.78 is 8.58. The van der Waals surface area contributed by atoms with E-state index >= 15 is 0 Å². The number of aromatic amines is 1. The van der Waals surface area contributed by atoms with Crippen LogP contribution in [-0.4, -0.2) is 70.3 Å². The van der Waals surface area contributed by atoms with Gasteiger partial charge in [-0.1, -0.05) is 0 Å². The van der Waals surface area contributed by atoms with Gasteiger partial charge < -0.3 is 26.0 Å². The first-order valence-electron chi connectivity index (χ1n) is 8.95. The molecule has 3 aromatic rings. The SMILES string of the molecule is Nc1nc2c(ncn2[C@@H]2O[C@H](C(=O)NCCCn3cccn3)[C@@H](O)[C@H]2O)c(=O)[nH]1. The highest BCUT2D eigenvalue weighted by Crippen LogP contribution is 2.31. The fraction of sp³-hybridized carbons (Fsp3) is 0.438. The number of nitrogen functional groups attached to an aromatic ring is 1. The van der Waals surface area contributed by atoms with E-state index in [0.717, 1.165) is 0 Å². The van der Waals surface area contributed by atoms with E-state index in [0.29, 0.717) is 19.5 Å². The normalized spacial score (nSPS) is 24.2. The summed E-state index contributed by atoms with van der Waals surface area (Å²) >= 11 is 0. The van der Waals surface area contributed by atoms with E-state index in [1.165, 1.54) is 10.9 Å². The van der Waals surface area contributed by atoms with Crippen molar-refractivity contribution in [1.82, 2.24) is 34.6 Å². The maximum absolute atomic E-state index is 12.4. The molecule has 154 valence electrons. The van der Waals surface area contributed by atoms with Crippen LogP contribution in [0.5, 0.6) is 0 Å². The largest absolute Gasteiger partial charge is 0.387 e. The van der Waals surface area contributed by atoms with Crippen LogP contribution < -0.4 is 16.6 Å². The Morgan fingerprint density at radius 1 is 1.38 bits per heavy atom. The number of carbonyl (C=O) groups is 1. The van der Waals surface area contributed by atoms with Gasteiger partial charge in [-0.05, 0) is 12.5 Å². The first-order chi connectivity index (χ1) is 14.0. The number of anilines is 1. The van der Waals surface area contributed by atoms with E-state index in [1.807, 2.05) is 6.20 Å². The number of nitrogens with one attached hydrogen (secondary N) is 2. The third kappa shape index (κ3) is 3.57. The minimum absolute atomic E-state index is 0.00369. The van der Waals surface area contributed by atoms with Crippen molar-refractivity contribution in [3.05, 3.63) is 35.1 Å². The maximum atomic E-state index is 12.4. The van der Waals surface area contributed by atoms with E-state index in [1.54, 1.807) is 16.9 Å². The minimum Gasteiger partial charge on any atom is -0.387 e. The zero-order chi connectivity index (χ0) is 20.5. The van der Waals surface area contributed by atoms with Crippen LogP contribution in [0.15, 0.2) is 29.6 Å². The molecule has 3 aromatic heterocycles. The van der Waals surface area contributed by atoms with E-state index < -0.39 is 36.0 Å². The highest BCUT2D eigenvalue weighted by Gasteiger charge is 2.47. The molecule has 4 rings (SSSR count). The quantitative estimate of drug-likeness (QED) is 0.282. The number of aliphatic hydroxyl groups is 2. The van der Waals surface area contributed by atoms with Crippen LogP contribution in [0.25, 0.3) is 11.2 Å². The molecule has 0 aromatic carbocycles. The Balaban J connectivity index is 1.44. The molecule has 0 spiro atoms. The van der Waals surface area contributed by atoms with Crippen molar-refractivity contribution in [3.8, 4) is 0 Å². The van der Waals surface area contributed by atoms with E-state index in [2.05, 4.69) is 25.4 Å². The van der Waals surface area contributed by atoms with Crippen LogP contribution >= 0.6 is 0 Å². The molecule has 13 nitrogen and oxygen atoms in total. The second kappa shape index (κ2) is 7.62. The lowest BCUT2D eigenvalue weighted by atomic mass is 10.1. The Kier molecular flexibility index (Phi) is 5.00. The molecular weight excluding hydrogens is 384 g/mol. The van der Waals surface area contributed by atoms with Crippen molar-refractivity contribution in [1.29, 1.82) is 0 Å². The second-order valence-corrected chi connectivity index (χ2v) is 6.62. The monoisotopic (exact) mass is 404 g/mol. The van der Waals surface area contributed by atoms with Gasteiger partial charge in [0.25, 0.3) is 11.5 Å². The molecule has 0 saturated carbocycles. The number of hydrogen-bond donors (Lipinski definition) is 5. The number of aliphatic hydroxyl groups excluding tert-OH is 2. The Bertz CT molecular complexity index is 1060. The number of H-pyrrole nitrogens is 1. The van der Waals surface area contributed by atoms with Crippen molar-refractivity contribution < 1.29 is 19.7 Å². The Hall–Kier alpha value is -3.29. The van der Waals surface area contributed by atoms with Crippen molar-refractivity contribution >= 4 is 23.0 Å². The van der Waals surface area contributed by atoms with Crippen molar-refractivity contribution in [3.63, 3.8) is 0 Å². The third-order valence-corrected chi connectivity index (χ3v) is 4.64. The molecule has 0 unspecified atom stereocenters. The van der Waals surface area contributed by atoms with Crippen LogP contribution in [0, 0.1) is 0 Å². The average Bonchev–Trinajstić information content (AvgIpc) is 3.40. The van der Waals surface area contributed by atoms with Crippen molar-refractivity contribution in [2.75, 3.05) is 12.3 Å². The summed E-state index contributed by atoms with van der Waals surface area (Å²) in [6.45, 7) is 0.961. The lowest BCUT2D eigenvalue weighted by Gasteiger charge is -2.16. The van der Waals surface area contributed by atoms with Gasteiger partial charge in [0.1, 0.15) is 12.2 Å². The molecule has 0 aliphatic carbocycles. The van der Waals surface area contributed by atoms with Crippen LogP contribution in [0.1, 0.15) is 12.6 Å². The number of nitrogens with two attached hydrogens (primary N) is 1. The number of rotatable bonds is 6. The number of hydrogen-bond acceptors (Lipinski definition) is 9. The fourth-order valence-corrected chi connectivity index (χ4v) is 3.22. The number of aromatic nitrogens is 6. The van der Waals surface area contributed by atoms with Gasteiger partial charge in [0.05, 0.1) is 6.33 Å². The smallest absolute Gasteiger partial charge is 0.280 e. The fourth-order valence-electron chi connectivity index (χ4n) is 3.22. The summed E-state index contributed by atoms with van der Waals surface area (Å²) in [6, 6.07) is 1.80. The lowest BCUT2D eigenvalue weighted by Crippen LogP contribution is -2.43. The molecule has 1 saturated heterocycles. The van der Waals surface area contributed by atoms with Gasteiger partial charge >= 0.3 is 0 Å². The maximum Gasteiger partial charge on any atom is 0.280 e. The van der Waals surface area contributed by atoms with Gasteiger partial charge in [0.15, 0.2) is 23.5 Å². The van der Waals surface area contributed by atoms with Gasteiger partial charge in [-0.3, -0.25) is 23.8 Å². The molecule has 1 aliphatic rings. The second-order valence-electron chi connectivity index (χ2n) is 6.62. The van der Waals surface area contributed by atoms with Crippen LogP contribution in [0.2, 0.25) is 0 Å². The first-order valence-corrected chi connectivity index (χ1v) is 8.95. The van der Waals surface area contributed by atoms with Crippen LogP contribution in [0.3, 0.4) is 0 Å². The molecule has 1 amide bonds. The topological polar surface area (TPSA) is 186 Å². The molecule has 13 heteroatoms. The molecular formula is C16H20N8O5. The van der Waals surface area contributed by atoms with Gasteiger partial charge in [0, 0.05) is 25.5 Å². The summed E-state index contributed by atoms with van der Waals surface area (Å²) in [5, 5.41) is 27.4. The van der Waals surface area contributed by atoms with E-state index in [-0.39, 0.29) is 17.1 Å². The minimum atomic E-state index is -1.47. The molecule has 0 bridgehead atoms. The predicted molar refractivity (Wildman–Crippen MR) is 98.3 cm³/mol. The summed E-state index contributed by atoms with van der Waals surface area (Å²) in [7, 11) is 0. The predicted octanol–water partition coefficient (Wildman–Crippen LogP) is -2.28. The number of aryl methyl sites for hydroxylation is 1. The molecule has 4 atom stereocenters. The van der Waals surface area contributed by atoms with Crippen LogP contribution in [-0.2, 0) is 16.1 Å². The summed E-state index contributed by atoms with van der Waals surface area (Å²) in [5.41, 5.74) is 5.08. The van der Waals surface area contributed by atoms with Crippen molar-refractivity contribution in [2.24, 2.45) is 0 Å². The zero-order valence-electron chi connectivity index (χ0n) is 15.2. The first kappa shape index (κ1) is 19.0. The highest BCUT2D eigenvalue weighted by molar-refractivity contribution is 5.82. The van der Waals surface area contributed by atoms with Gasteiger partial charge in [-0.25, -0.2) is 4.98 Å². The molecule has 1 aliphatic heterocycles. The summed E-state index contributed by atoms with van der Waals surface area (Å²) in [6.07, 6.45) is -0.0256. The van der Waals surface area contributed by atoms with Gasteiger partial charge in [0.2, 0.25) is 5.95 Å². The Labute approximate surface area is 163 Å². The third-order valence-electron chi connectivity index (χ3n) is 4.64. The molecule has 0 radical (unpaired) electrons. The molecule has 6 N–H and O–H groups in total. The van der Waals surface area contributed by atoms with E-state index in [4.69, 9.17) is 10.5 Å². The van der Waals surface area contributed by atoms with E-state index in [9.17, 15) is 19.8 Å². The molecule has 1 fully saturated rings.